The zero-order chi connectivity index (χ0) is 24.4. The third kappa shape index (κ3) is 5.50. The van der Waals surface area contributed by atoms with Crippen LogP contribution in [0.1, 0.15) is 35.1 Å². The highest BCUT2D eigenvalue weighted by Crippen LogP contribution is 2.31. The standard InChI is InChI=1S/C25H30FN7O2.ClH/c1-17-27-16-22(33(17)20-7-13-35-14-8-20)23-21(26)15-28-25(30-23)29-19-5-3-18(4-6-19)24(34)32-11-9-31(2)10-12-32;/h3-6,15-16,20H,7-14H2,1-2H3,(H,28,29,30);1H. The van der Waals surface area contributed by atoms with Gasteiger partial charge >= 0.3 is 0 Å². The number of amides is 1. The summed E-state index contributed by atoms with van der Waals surface area (Å²) in [7, 11) is 2.06. The lowest BCUT2D eigenvalue weighted by atomic mass is 10.1. The summed E-state index contributed by atoms with van der Waals surface area (Å²) in [6.07, 6.45) is 4.54. The molecule has 5 rings (SSSR count). The first kappa shape index (κ1) is 26.0. The molecule has 2 saturated heterocycles. The van der Waals surface area contributed by atoms with Crippen molar-refractivity contribution in [2.45, 2.75) is 25.8 Å². The molecule has 1 N–H and O–H groups in total. The summed E-state index contributed by atoms with van der Waals surface area (Å²) in [5.74, 6) is 0.621. The van der Waals surface area contributed by atoms with Crippen LogP contribution in [0.15, 0.2) is 36.7 Å². The molecule has 2 fully saturated rings. The molecule has 0 bridgehead atoms. The van der Waals surface area contributed by atoms with Crippen molar-refractivity contribution in [1.82, 2.24) is 29.3 Å². The molecule has 2 aliphatic rings. The number of likely N-dealkylation sites (N-methyl/N-ethyl adjacent to an activating group) is 1. The Kier molecular flexibility index (Phi) is 8.17. The number of aryl methyl sites for hydroxylation is 1. The lowest BCUT2D eigenvalue weighted by Crippen LogP contribution is -2.47. The number of nitrogens with zero attached hydrogens (tertiary/aromatic N) is 6. The van der Waals surface area contributed by atoms with Crippen LogP contribution in [-0.2, 0) is 4.74 Å². The monoisotopic (exact) mass is 515 g/mol. The number of hydrogen-bond donors (Lipinski definition) is 1. The van der Waals surface area contributed by atoms with Gasteiger partial charge in [0.05, 0.1) is 18.1 Å². The Labute approximate surface area is 216 Å². The summed E-state index contributed by atoms with van der Waals surface area (Å²) in [6.45, 7) is 6.48. The quantitative estimate of drug-likeness (QED) is 0.554. The molecule has 0 unspecified atom stereocenters. The number of carbonyl (C=O) groups is 1. The highest BCUT2D eigenvalue weighted by atomic mass is 35.5. The van der Waals surface area contributed by atoms with Gasteiger partial charge in [0.1, 0.15) is 11.5 Å². The first-order chi connectivity index (χ1) is 17.0. The molecule has 0 atom stereocenters. The van der Waals surface area contributed by atoms with E-state index in [1.54, 1.807) is 18.3 Å². The van der Waals surface area contributed by atoms with Crippen molar-refractivity contribution in [2.75, 3.05) is 51.8 Å². The van der Waals surface area contributed by atoms with E-state index in [0.29, 0.717) is 30.2 Å². The average Bonchev–Trinajstić information content (AvgIpc) is 3.27. The van der Waals surface area contributed by atoms with Crippen LogP contribution in [0.2, 0.25) is 0 Å². The average molecular weight is 516 g/mol. The lowest BCUT2D eigenvalue weighted by molar-refractivity contribution is 0.0664. The normalized spacial score (nSPS) is 17.0. The summed E-state index contributed by atoms with van der Waals surface area (Å²) in [4.78, 5) is 29.9. The molecule has 0 spiro atoms. The van der Waals surface area contributed by atoms with Gasteiger partial charge in [-0.25, -0.2) is 19.3 Å². The molecule has 4 heterocycles. The van der Waals surface area contributed by atoms with Gasteiger partial charge in [0.25, 0.3) is 5.91 Å². The minimum Gasteiger partial charge on any atom is -0.381 e. The molecule has 3 aromatic rings. The predicted molar refractivity (Wildman–Crippen MR) is 137 cm³/mol. The van der Waals surface area contributed by atoms with Crippen molar-refractivity contribution in [3.8, 4) is 11.4 Å². The maximum atomic E-state index is 14.8. The topological polar surface area (TPSA) is 88.4 Å². The minimum atomic E-state index is -0.503. The number of anilines is 2. The number of imidazole rings is 1. The molecule has 1 aromatic carbocycles. The fourth-order valence-corrected chi connectivity index (χ4v) is 4.66. The predicted octanol–water partition coefficient (Wildman–Crippen LogP) is 3.69. The third-order valence-electron chi connectivity index (χ3n) is 6.70. The third-order valence-corrected chi connectivity index (χ3v) is 6.70. The smallest absolute Gasteiger partial charge is 0.253 e. The van der Waals surface area contributed by atoms with Crippen LogP contribution >= 0.6 is 12.4 Å². The van der Waals surface area contributed by atoms with Crippen LogP contribution in [0.25, 0.3) is 11.4 Å². The lowest BCUT2D eigenvalue weighted by Gasteiger charge is -2.32. The van der Waals surface area contributed by atoms with Crippen molar-refractivity contribution >= 4 is 29.9 Å². The number of carbonyl (C=O) groups excluding carboxylic acids is 1. The molecular formula is C25H31ClFN7O2. The molecular weight excluding hydrogens is 485 g/mol. The van der Waals surface area contributed by atoms with Crippen LogP contribution in [0.3, 0.4) is 0 Å². The number of ether oxygens (including phenoxy) is 1. The van der Waals surface area contributed by atoms with Gasteiger partial charge in [0.15, 0.2) is 5.82 Å². The Morgan fingerprint density at radius 3 is 2.44 bits per heavy atom. The van der Waals surface area contributed by atoms with Crippen molar-refractivity contribution in [1.29, 1.82) is 0 Å². The number of piperazine rings is 1. The largest absolute Gasteiger partial charge is 0.381 e. The first-order valence-corrected chi connectivity index (χ1v) is 12.0. The van der Waals surface area contributed by atoms with Gasteiger partial charge in [0, 0.05) is 56.7 Å². The maximum Gasteiger partial charge on any atom is 0.253 e. The fraction of sp³-hybridized carbons (Fsp3) is 0.440. The first-order valence-electron chi connectivity index (χ1n) is 12.0. The fourth-order valence-electron chi connectivity index (χ4n) is 4.66. The molecule has 36 heavy (non-hydrogen) atoms. The molecule has 11 heteroatoms. The Morgan fingerprint density at radius 2 is 1.75 bits per heavy atom. The van der Waals surface area contributed by atoms with Gasteiger partial charge in [-0.1, -0.05) is 0 Å². The summed E-state index contributed by atoms with van der Waals surface area (Å²) in [6, 6.07) is 7.39. The van der Waals surface area contributed by atoms with Crippen molar-refractivity contribution < 1.29 is 13.9 Å². The van der Waals surface area contributed by atoms with Crippen molar-refractivity contribution in [3.05, 3.63) is 53.9 Å². The second-order valence-corrected chi connectivity index (χ2v) is 9.09. The van der Waals surface area contributed by atoms with Gasteiger partial charge < -0.3 is 24.4 Å². The van der Waals surface area contributed by atoms with E-state index in [4.69, 9.17) is 4.74 Å². The van der Waals surface area contributed by atoms with E-state index in [1.165, 1.54) is 6.20 Å². The Hall–Kier alpha value is -3.08. The molecule has 0 saturated carbocycles. The summed E-state index contributed by atoms with van der Waals surface area (Å²) < 4.78 is 22.4. The minimum absolute atomic E-state index is 0. The molecule has 2 aromatic heterocycles. The molecule has 1 amide bonds. The van der Waals surface area contributed by atoms with Crippen LogP contribution in [-0.4, -0.2) is 81.7 Å². The number of rotatable bonds is 5. The second kappa shape index (κ2) is 11.3. The van der Waals surface area contributed by atoms with E-state index >= 15 is 0 Å². The molecule has 2 aliphatic heterocycles. The number of nitrogens with one attached hydrogen (secondary N) is 1. The van der Waals surface area contributed by atoms with E-state index in [-0.39, 0.29) is 36.0 Å². The Morgan fingerprint density at radius 1 is 1.06 bits per heavy atom. The molecule has 0 aliphatic carbocycles. The number of aromatic nitrogens is 4. The van der Waals surface area contributed by atoms with Crippen molar-refractivity contribution in [2.24, 2.45) is 0 Å². The van der Waals surface area contributed by atoms with Gasteiger partial charge in [0.2, 0.25) is 5.95 Å². The van der Waals surface area contributed by atoms with E-state index in [1.807, 2.05) is 24.0 Å². The van der Waals surface area contributed by atoms with Gasteiger partial charge in [-0.05, 0) is 51.1 Å². The van der Waals surface area contributed by atoms with E-state index in [9.17, 15) is 9.18 Å². The zero-order valence-electron chi connectivity index (χ0n) is 20.5. The number of hydrogen-bond acceptors (Lipinski definition) is 7. The summed E-state index contributed by atoms with van der Waals surface area (Å²) >= 11 is 0. The SMILES string of the molecule is Cc1ncc(-c2nc(Nc3ccc(C(=O)N4CCN(C)CC4)cc3)ncc2F)n1C1CCOCC1.Cl. The number of benzene rings is 1. The van der Waals surface area contributed by atoms with Crippen molar-refractivity contribution in [3.63, 3.8) is 0 Å². The van der Waals surface area contributed by atoms with Crippen LogP contribution < -0.4 is 5.32 Å². The van der Waals surface area contributed by atoms with Crippen LogP contribution in [0.4, 0.5) is 16.0 Å². The van der Waals surface area contributed by atoms with Crippen LogP contribution in [0, 0.1) is 12.7 Å². The van der Waals surface area contributed by atoms with E-state index < -0.39 is 5.82 Å². The highest BCUT2D eigenvalue weighted by molar-refractivity contribution is 5.94. The zero-order valence-corrected chi connectivity index (χ0v) is 21.3. The summed E-state index contributed by atoms with van der Waals surface area (Å²) in [5.41, 5.74) is 2.19. The van der Waals surface area contributed by atoms with Gasteiger partial charge in [-0.3, -0.25) is 4.79 Å². The molecule has 9 nitrogen and oxygen atoms in total. The molecule has 0 radical (unpaired) electrons. The van der Waals surface area contributed by atoms with E-state index in [0.717, 1.165) is 44.8 Å². The Balaban J connectivity index is 0.00000304. The molecule has 192 valence electrons. The maximum absolute atomic E-state index is 14.8. The van der Waals surface area contributed by atoms with Gasteiger partial charge in [-0.15, -0.1) is 12.4 Å². The Bertz CT molecular complexity index is 1190. The van der Waals surface area contributed by atoms with E-state index in [2.05, 4.69) is 36.8 Å². The van der Waals surface area contributed by atoms with Gasteiger partial charge in [-0.2, -0.15) is 0 Å². The van der Waals surface area contributed by atoms with Crippen LogP contribution in [0.5, 0.6) is 0 Å². The number of halogens is 2. The summed E-state index contributed by atoms with van der Waals surface area (Å²) in [5, 5.41) is 3.13. The second-order valence-electron chi connectivity index (χ2n) is 9.09. The highest BCUT2D eigenvalue weighted by Gasteiger charge is 2.24.